The molecule has 8 rings (SSSR count). The van der Waals surface area contributed by atoms with Gasteiger partial charge in [-0.1, -0.05) is 164 Å². The number of ether oxygens (including phenoxy) is 9. The Morgan fingerprint density at radius 1 is 0.429 bits per heavy atom. The van der Waals surface area contributed by atoms with Gasteiger partial charge in [0, 0.05) is 5.56 Å². The van der Waals surface area contributed by atoms with E-state index in [1.54, 1.807) is 7.11 Å². The van der Waals surface area contributed by atoms with Gasteiger partial charge in [-0.15, -0.1) is 0 Å². The van der Waals surface area contributed by atoms with Crippen LogP contribution in [0.4, 0.5) is 0 Å². The minimum Gasteiger partial charge on any atom is -0.497 e. The fraction of sp³-hybridized carbons (Fsp3) is 0.333. The van der Waals surface area contributed by atoms with Crippen LogP contribution in [0.1, 0.15) is 52.5 Å². The maximum absolute atomic E-state index is 7.20. The Morgan fingerprint density at radius 2 is 0.857 bits per heavy atom. The summed E-state index contributed by atoms with van der Waals surface area (Å²) >= 11 is 0. The van der Waals surface area contributed by atoms with Crippen molar-refractivity contribution in [3.8, 4) is 5.75 Å². The van der Waals surface area contributed by atoms with E-state index in [1.807, 2.05) is 115 Å². The average Bonchev–Trinajstić information content (AvgIpc) is 3.35. The normalized spacial score (nSPS) is 23.6. The average molecular weight is 851 g/mol. The molecule has 2 aliphatic rings. The molecule has 0 N–H and O–H groups in total. The molecule has 0 bridgehead atoms. The van der Waals surface area contributed by atoms with E-state index in [1.165, 1.54) is 0 Å². The maximum Gasteiger partial charge on any atom is 0.184 e. The lowest BCUT2D eigenvalue weighted by Crippen LogP contribution is -2.61. The van der Waals surface area contributed by atoms with E-state index in [0.29, 0.717) is 52.5 Å². The summed E-state index contributed by atoms with van der Waals surface area (Å²) in [5.41, 5.74) is 6.23. The second-order valence-corrected chi connectivity index (χ2v) is 16.0. The molecule has 2 aliphatic heterocycles. The summed E-state index contributed by atoms with van der Waals surface area (Å²) in [6.07, 6.45) is -2.50. The minimum absolute atomic E-state index is 0.289. The van der Waals surface area contributed by atoms with Gasteiger partial charge < -0.3 is 42.6 Å². The van der Waals surface area contributed by atoms with Crippen molar-refractivity contribution in [2.24, 2.45) is 0 Å². The minimum atomic E-state index is -0.577. The Morgan fingerprint density at radius 3 is 1.35 bits per heavy atom. The second-order valence-electron chi connectivity index (χ2n) is 16.0. The zero-order valence-electron chi connectivity index (χ0n) is 35.9. The van der Waals surface area contributed by atoms with E-state index in [-0.39, 0.29) is 18.8 Å². The Hall–Kier alpha value is -5.20. The SMILES string of the molecule is COc1ccc(C2OC[C@@H](OCc3ccccc3)[C@@H](CC[C@@H]3O[C@H](COCc4ccccc4)[C@H](OCc4ccccc4)[C@H](OCc4ccccc4)[C@H]3OCc3ccccc3)O2)cc1. The van der Waals surface area contributed by atoms with Crippen molar-refractivity contribution in [3.05, 3.63) is 209 Å². The molecule has 0 radical (unpaired) electrons. The highest BCUT2D eigenvalue weighted by Gasteiger charge is 2.49. The molecular formula is C54H58O9. The molecule has 8 atom stereocenters. The number of hydrogen-bond acceptors (Lipinski definition) is 9. The topological polar surface area (TPSA) is 83.1 Å². The fourth-order valence-corrected chi connectivity index (χ4v) is 8.14. The quantitative estimate of drug-likeness (QED) is 0.0703. The lowest BCUT2D eigenvalue weighted by molar-refractivity contribution is -0.283. The maximum atomic E-state index is 7.20. The molecule has 0 aromatic heterocycles. The highest BCUT2D eigenvalue weighted by Crippen LogP contribution is 2.36. The second kappa shape index (κ2) is 23.5. The zero-order chi connectivity index (χ0) is 42.9. The Balaban J connectivity index is 1.09. The highest BCUT2D eigenvalue weighted by molar-refractivity contribution is 5.28. The molecule has 2 fully saturated rings. The van der Waals surface area contributed by atoms with Gasteiger partial charge in [-0.25, -0.2) is 0 Å². The first kappa shape index (κ1) is 44.4. The Kier molecular flexibility index (Phi) is 16.5. The molecule has 9 heteroatoms. The van der Waals surface area contributed by atoms with E-state index in [4.69, 9.17) is 42.6 Å². The molecule has 0 aliphatic carbocycles. The smallest absolute Gasteiger partial charge is 0.184 e. The summed E-state index contributed by atoms with van der Waals surface area (Å²) in [4.78, 5) is 0. The first-order valence-corrected chi connectivity index (χ1v) is 22.0. The predicted octanol–water partition coefficient (Wildman–Crippen LogP) is 10.2. The molecule has 0 saturated carbocycles. The molecule has 1 unspecified atom stereocenters. The molecule has 6 aromatic carbocycles. The lowest BCUT2D eigenvalue weighted by atomic mass is 9.90. The first-order valence-electron chi connectivity index (χ1n) is 22.0. The molecule has 328 valence electrons. The Bertz CT molecular complexity index is 2160. The summed E-state index contributed by atoms with van der Waals surface area (Å²) in [7, 11) is 1.66. The molecule has 2 saturated heterocycles. The molecule has 9 nitrogen and oxygen atoms in total. The number of rotatable bonds is 21. The predicted molar refractivity (Wildman–Crippen MR) is 241 cm³/mol. The van der Waals surface area contributed by atoms with Gasteiger partial charge in [0.1, 0.15) is 36.3 Å². The van der Waals surface area contributed by atoms with E-state index in [9.17, 15) is 0 Å². The van der Waals surface area contributed by atoms with Crippen LogP contribution in [0.3, 0.4) is 0 Å². The van der Waals surface area contributed by atoms with Gasteiger partial charge in [0.2, 0.25) is 0 Å². The van der Waals surface area contributed by atoms with Crippen LogP contribution in [0.15, 0.2) is 176 Å². The van der Waals surface area contributed by atoms with Crippen molar-refractivity contribution >= 4 is 0 Å². The van der Waals surface area contributed by atoms with Gasteiger partial charge in [0.25, 0.3) is 0 Å². The van der Waals surface area contributed by atoms with Crippen molar-refractivity contribution in [1.29, 1.82) is 0 Å². The summed E-state index contributed by atoms with van der Waals surface area (Å²) in [5, 5.41) is 0. The van der Waals surface area contributed by atoms with Gasteiger partial charge in [-0.3, -0.25) is 0 Å². The molecule has 0 amide bonds. The van der Waals surface area contributed by atoms with Crippen molar-refractivity contribution in [2.75, 3.05) is 20.3 Å². The van der Waals surface area contributed by atoms with Crippen LogP contribution in [0.5, 0.6) is 5.75 Å². The number of methoxy groups -OCH3 is 1. The van der Waals surface area contributed by atoms with E-state index >= 15 is 0 Å². The first-order chi connectivity index (χ1) is 31.2. The molecular weight excluding hydrogens is 793 g/mol. The monoisotopic (exact) mass is 850 g/mol. The third kappa shape index (κ3) is 12.9. The van der Waals surface area contributed by atoms with Gasteiger partial charge in [0.15, 0.2) is 6.29 Å². The molecule has 6 aromatic rings. The standard InChI is InChI=1S/C54H58O9/c1-55-46-29-27-45(28-30-46)54-61-39-49(57-34-41-19-9-3-10-20-41)47(63-54)31-32-48-51(58-35-42-21-11-4-12-22-42)53(60-37-44-25-15-6-16-26-44)52(59-36-43-23-13-5-14-24-43)50(62-48)38-56-33-40-17-7-2-8-18-40/h2-30,47-54H,31-39H2,1H3/t47-,48+,49-,50-,51+,52+,53-,54?/m1/s1. The number of benzene rings is 6. The van der Waals surface area contributed by atoms with Crippen molar-refractivity contribution in [2.45, 2.75) is 94.9 Å². The fourth-order valence-electron chi connectivity index (χ4n) is 8.14. The molecule has 2 heterocycles. The van der Waals surface area contributed by atoms with E-state index in [0.717, 1.165) is 39.1 Å². The molecule has 0 spiro atoms. The van der Waals surface area contributed by atoms with Gasteiger partial charge >= 0.3 is 0 Å². The van der Waals surface area contributed by atoms with Crippen LogP contribution in [0.25, 0.3) is 0 Å². The van der Waals surface area contributed by atoms with E-state index < -0.39 is 36.8 Å². The van der Waals surface area contributed by atoms with Crippen molar-refractivity contribution in [3.63, 3.8) is 0 Å². The van der Waals surface area contributed by atoms with Crippen molar-refractivity contribution in [1.82, 2.24) is 0 Å². The highest BCUT2D eigenvalue weighted by atomic mass is 16.7. The van der Waals surface area contributed by atoms with Crippen LogP contribution < -0.4 is 4.74 Å². The van der Waals surface area contributed by atoms with Gasteiger partial charge in [-0.2, -0.15) is 0 Å². The number of hydrogen-bond donors (Lipinski definition) is 0. The largest absolute Gasteiger partial charge is 0.497 e. The lowest BCUT2D eigenvalue weighted by Gasteiger charge is -2.47. The van der Waals surface area contributed by atoms with Crippen LogP contribution in [0, 0.1) is 0 Å². The zero-order valence-corrected chi connectivity index (χ0v) is 35.9. The third-order valence-corrected chi connectivity index (χ3v) is 11.5. The van der Waals surface area contributed by atoms with Crippen LogP contribution in [-0.4, -0.2) is 63.1 Å². The Labute approximate surface area is 371 Å². The summed E-state index contributed by atoms with van der Waals surface area (Å²) < 4.78 is 59.7. The van der Waals surface area contributed by atoms with Crippen LogP contribution in [0.2, 0.25) is 0 Å². The summed E-state index contributed by atoms with van der Waals surface area (Å²) in [5.74, 6) is 0.767. The van der Waals surface area contributed by atoms with Crippen LogP contribution in [-0.2, 0) is 70.9 Å². The van der Waals surface area contributed by atoms with Crippen LogP contribution >= 0.6 is 0 Å². The van der Waals surface area contributed by atoms with E-state index in [2.05, 4.69) is 60.7 Å². The molecule has 63 heavy (non-hydrogen) atoms. The van der Waals surface area contributed by atoms with Gasteiger partial charge in [0.05, 0.1) is 65.6 Å². The summed E-state index contributed by atoms with van der Waals surface area (Å²) in [6, 6.07) is 58.8. The summed E-state index contributed by atoms with van der Waals surface area (Å²) in [6.45, 7) is 2.62. The van der Waals surface area contributed by atoms with Crippen molar-refractivity contribution < 1.29 is 42.6 Å². The third-order valence-electron chi connectivity index (χ3n) is 11.5. The van der Waals surface area contributed by atoms with Gasteiger partial charge in [-0.05, 0) is 52.8 Å².